The topological polar surface area (TPSA) is 36.9 Å². The third-order valence-electron chi connectivity index (χ3n) is 7.98. The molecule has 1 aliphatic carbocycles. The highest BCUT2D eigenvalue weighted by Crippen LogP contribution is 2.39. The van der Waals surface area contributed by atoms with E-state index in [0.717, 1.165) is 22.3 Å². The summed E-state index contributed by atoms with van der Waals surface area (Å²) in [5.74, 6) is 0.392. The van der Waals surface area contributed by atoms with Crippen molar-refractivity contribution in [3.05, 3.63) is 144 Å². The second-order valence-electron chi connectivity index (χ2n) is 10.8. The van der Waals surface area contributed by atoms with Crippen LogP contribution in [0.15, 0.2) is 121 Å². The van der Waals surface area contributed by atoms with E-state index >= 15 is 0 Å². The molecule has 0 amide bonds. The van der Waals surface area contributed by atoms with Gasteiger partial charge in [0.15, 0.2) is 0 Å². The lowest BCUT2D eigenvalue weighted by Crippen LogP contribution is -2.60. The third kappa shape index (κ3) is 7.47. The molecule has 6 atom stereocenters. The summed E-state index contributed by atoms with van der Waals surface area (Å²) >= 11 is 0. The highest BCUT2D eigenvalue weighted by atomic mass is 16.6. The first-order valence-corrected chi connectivity index (χ1v) is 14.3. The van der Waals surface area contributed by atoms with Gasteiger partial charge in [0.25, 0.3) is 0 Å². The van der Waals surface area contributed by atoms with Crippen LogP contribution in [0.1, 0.15) is 36.1 Å². The van der Waals surface area contributed by atoms with Crippen LogP contribution in [-0.4, -0.2) is 24.4 Å². The van der Waals surface area contributed by atoms with Gasteiger partial charge >= 0.3 is 0 Å². The molecule has 0 radical (unpaired) electrons. The fraction of sp³-hybridized carbons (Fsp3) is 0.333. The summed E-state index contributed by atoms with van der Waals surface area (Å²) < 4.78 is 26.9. The van der Waals surface area contributed by atoms with Gasteiger partial charge in [0.1, 0.15) is 12.2 Å². The summed E-state index contributed by atoms with van der Waals surface area (Å²) in [5.41, 5.74) is 4.54. The lowest BCUT2D eigenvalue weighted by Gasteiger charge is -2.48. The van der Waals surface area contributed by atoms with Gasteiger partial charge in [-0.1, -0.05) is 135 Å². The molecule has 4 aromatic carbocycles. The Kier molecular flexibility index (Phi) is 10.2. The van der Waals surface area contributed by atoms with Crippen LogP contribution in [0.4, 0.5) is 0 Å². The molecule has 0 spiro atoms. The van der Waals surface area contributed by atoms with Crippen molar-refractivity contribution >= 4 is 0 Å². The summed E-state index contributed by atoms with van der Waals surface area (Å²) in [5, 5.41) is 0. The Morgan fingerprint density at radius 2 is 0.575 bits per heavy atom. The number of rotatable bonds is 12. The first-order chi connectivity index (χ1) is 19.7. The molecule has 3 unspecified atom stereocenters. The van der Waals surface area contributed by atoms with Crippen LogP contribution in [0.5, 0.6) is 0 Å². The highest BCUT2D eigenvalue weighted by molar-refractivity contribution is 5.17. The molecule has 1 aliphatic rings. The van der Waals surface area contributed by atoms with Crippen LogP contribution in [-0.2, 0) is 45.4 Å². The first-order valence-electron chi connectivity index (χ1n) is 14.3. The van der Waals surface area contributed by atoms with Crippen molar-refractivity contribution in [2.45, 2.75) is 64.7 Å². The molecular formula is C36H40O4. The number of benzene rings is 4. The van der Waals surface area contributed by atoms with E-state index < -0.39 is 0 Å². The Bertz CT molecular complexity index is 1150. The number of ether oxygens (including phenoxy) is 4. The molecule has 1 saturated carbocycles. The zero-order chi connectivity index (χ0) is 27.6. The monoisotopic (exact) mass is 536 g/mol. The zero-order valence-corrected chi connectivity index (χ0v) is 23.5. The summed E-state index contributed by atoms with van der Waals surface area (Å²) in [6.45, 7) is 6.52. The van der Waals surface area contributed by atoms with E-state index in [0.29, 0.717) is 26.4 Å². The fourth-order valence-corrected chi connectivity index (χ4v) is 5.51. The predicted octanol–water partition coefficient (Wildman–Crippen LogP) is 7.61. The first kappa shape index (κ1) is 28.3. The molecule has 0 aliphatic heterocycles. The van der Waals surface area contributed by atoms with Gasteiger partial charge in [-0.05, 0) is 34.1 Å². The quantitative estimate of drug-likeness (QED) is 0.187. The zero-order valence-electron chi connectivity index (χ0n) is 23.5. The Labute approximate surface area is 238 Å². The Hall–Kier alpha value is -3.28. The van der Waals surface area contributed by atoms with E-state index in [1.54, 1.807) is 0 Å². The molecule has 40 heavy (non-hydrogen) atoms. The minimum atomic E-state index is -0.306. The van der Waals surface area contributed by atoms with Crippen molar-refractivity contribution in [3.63, 3.8) is 0 Å². The summed E-state index contributed by atoms with van der Waals surface area (Å²) in [4.78, 5) is 0. The number of hydrogen-bond donors (Lipinski definition) is 0. The predicted molar refractivity (Wildman–Crippen MR) is 158 cm³/mol. The maximum Gasteiger partial charge on any atom is 0.113 e. The molecule has 1 fully saturated rings. The van der Waals surface area contributed by atoms with Gasteiger partial charge in [-0.3, -0.25) is 0 Å². The standard InChI is InChI=1S/C36H40O4/c1-27-28(2)34(38-24-30-17-9-4-10-18-30)36(40-26-32-21-13-6-14-22-32)35(39-25-31-19-11-5-12-20-31)33(27)37-23-29-15-7-3-8-16-29/h3-22,27-28,33-36H,23-26H2,1-2H3/t27-,28?,33?,34?,35-,36-/m0/s1. The summed E-state index contributed by atoms with van der Waals surface area (Å²) in [6.07, 6.45) is -0.924. The van der Waals surface area contributed by atoms with Gasteiger partial charge in [0.05, 0.1) is 38.6 Å². The van der Waals surface area contributed by atoms with Crippen molar-refractivity contribution in [3.8, 4) is 0 Å². The van der Waals surface area contributed by atoms with E-state index in [1.165, 1.54) is 0 Å². The smallest absolute Gasteiger partial charge is 0.113 e. The van der Waals surface area contributed by atoms with Crippen LogP contribution >= 0.6 is 0 Å². The average Bonchev–Trinajstić information content (AvgIpc) is 3.01. The molecule has 4 heteroatoms. The van der Waals surface area contributed by atoms with Gasteiger partial charge in [-0.15, -0.1) is 0 Å². The summed E-state index contributed by atoms with van der Waals surface area (Å²) in [6, 6.07) is 41.3. The second kappa shape index (κ2) is 14.4. The molecule has 0 bridgehead atoms. The van der Waals surface area contributed by atoms with Gasteiger partial charge < -0.3 is 18.9 Å². The average molecular weight is 537 g/mol. The van der Waals surface area contributed by atoms with E-state index in [9.17, 15) is 0 Å². The van der Waals surface area contributed by atoms with E-state index in [1.807, 2.05) is 72.8 Å². The Balaban J connectivity index is 1.42. The SMILES string of the molecule is CC1C(OCc2ccccc2)[C@H](OCc2ccccc2)[C@@H](OCc2ccccc2)C(OCc2ccccc2)[C@H]1C. The molecule has 0 aromatic heterocycles. The lowest BCUT2D eigenvalue weighted by molar-refractivity contribution is -0.244. The van der Waals surface area contributed by atoms with Crippen molar-refractivity contribution in [2.75, 3.05) is 0 Å². The fourth-order valence-electron chi connectivity index (χ4n) is 5.51. The minimum absolute atomic E-state index is 0.156. The molecule has 4 aromatic rings. The van der Waals surface area contributed by atoms with Gasteiger partial charge in [-0.25, -0.2) is 0 Å². The molecule has 4 nitrogen and oxygen atoms in total. The maximum absolute atomic E-state index is 6.74. The molecule has 0 saturated heterocycles. The van der Waals surface area contributed by atoms with Crippen LogP contribution in [0.2, 0.25) is 0 Å². The minimum Gasteiger partial charge on any atom is -0.370 e. The Morgan fingerprint density at radius 3 is 0.825 bits per heavy atom. The normalized spacial score (nSPS) is 24.6. The van der Waals surface area contributed by atoms with Crippen LogP contribution in [0.25, 0.3) is 0 Å². The van der Waals surface area contributed by atoms with E-state index in [2.05, 4.69) is 62.4 Å². The molecule has 0 N–H and O–H groups in total. The second-order valence-corrected chi connectivity index (χ2v) is 10.8. The van der Waals surface area contributed by atoms with Crippen LogP contribution < -0.4 is 0 Å². The van der Waals surface area contributed by atoms with Crippen molar-refractivity contribution in [1.82, 2.24) is 0 Å². The molecule has 0 heterocycles. The lowest BCUT2D eigenvalue weighted by atomic mass is 9.73. The third-order valence-corrected chi connectivity index (χ3v) is 7.98. The van der Waals surface area contributed by atoms with Crippen LogP contribution in [0, 0.1) is 11.8 Å². The molecule has 5 rings (SSSR count). The number of hydrogen-bond acceptors (Lipinski definition) is 4. The Morgan fingerprint density at radius 1 is 0.350 bits per heavy atom. The largest absolute Gasteiger partial charge is 0.370 e. The van der Waals surface area contributed by atoms with Crippen LogP contribution in [0.3, 0.4) is 0 Å². The van der Waals surface area contributed by atoms with Gasteiger partial charge in [0, 0.05) is 0 Å². The highest BCUT2D eigenvalue weighted by Gasteiger charge is 2.50. The van der Waals surface area contributed by atoms with Gasteiger partial charge in [-0.2, -0.15) is 0 Å². The van der Waals surface area contributed by atoms with E-state index in [4.69, 9.17) is 18.9 Å². The summed E-state index contributed by atoms with van der Waals surface area (Å²) in [7, 11) is 0. The van der Waals surface area contributed by atoms with Crippen molar-refractivity contribution < 1.29 is 18.9 Å². The van der Waals surface area contributed by atoms with E-state index in [-0.39, 0.29) is 36.3 Å². The molecule has 208 valence electrons. The molecular weight excluding hydrogens is 496 g/mol. The maximum atomic E-state index is 6.74. The van der Waals surface area contributed by atoms with Crippen molar-refractivity contribution in [1.29, 1.82) is 0 Å². The van der Waals surface area contributed by atoms with Crippen molar-refractivity contribution in [2.24, 2.45) is 11.8 Å². The van der Waals surface area contributed by atoms with Gasteiger partial charge in [0.2, 0.25) is 0 Å².